The lowest BCUT2D eigenvalue weighted by atomic mass is 9.96. The van der Waals surface area contributed by atoms with Gasteiger partial charge in [-0.15, -0.1) is 10.2 Å². The van der Waals surface area contributed by atoms with E-state index in [9.17, 15) is 0 Å². The Morgan fingerprint density at radius 1 is 1.47 bits per heavy atom. The highest BCUT2D eigenvalue weighted by atomic mass is 15.3. The van der Waals surface area contributed by atoms with Crippen LogP contribution in [0, 0.1) is 5.92 Å². The van der Waals surface area contributed by atoms with Crippen molar-refractivity contribution in [1.29, 1.82) is 0 Å². The number of hydrogen-bond donors (Lipinski definition) is 1. The van der Waals surface area contributed by atoms with Crippen LogP contribution in [0.3, 0.4) is 0 Å². The molecule has 84 valence electrons. The van der Waals surface area contributed by atoms with Gasteiger partial charge in [0, 0.05) is 13.0 Å². The highest BCUT2D eigenvalue weighted by molar-refractivity contribution is 4.88. The fraction of sp³-hybridized carbons (Fsp3) is 0.818. The largest absolute Gasteiger partial charge is 0.318 e. The molecular formula is C11H20N4. The van der Waals surface area contributed by atoms with Crippen molar-refractivity contribution in [1.82, 2.24) is 20.1 Å². The molecule has 0 aliphatic carbocycles. The van der Waals surface area contributed by atoms with E-state index in [0.717, 1.165) is 31.3 Å². The summed E-state index contributed by atoms with van der Waals surface area (Å²) in [7, 11) is 0. The minimum Gasteiger partial charge on any atom is -0.318 e. The molecule has 1 N–H and O–H groups in total. The van der Waals surface area contributed by atoms with Gasteiger partial charge in [-0.3, -0.25) is 0 Å². The molecule has 0 spiro atoms. The maximum absolute atomic E-state index is 4.20. The van der Waals surface area contributed by atoms with Gasteiger partial charge in [0.1, 0.15) is 12.2 Å². The van der Waals surface area contributed by atoms with Gasteiger partial charge in [-0.2, -0.15) is 0 Å². The molecule has 2 rings (SSSR count). The third kappa shape index (κ3) is 2.78. The molecule has 1 aliphatic rings. The molecule has 1 aliphatic heterocycles. The Labute approximate surface area is 91.1 Å². The van der Waals surface area contributed by atoms with Crippen molar-refractivity contribution in [3.63, 3.8) is 0 Å². The lowest BCUT2D eigenvalue weighted by molar-refractivity contribution is 0.449. The zero-order valence-electron chi connectivity index (χ0n) is 9.45. The van der Waals surface area contributed by atoms with Crippen LogP contribution in [-0.2, 0) is 13.0 Å². The number of aromatic nitrogens is 3. The zero-order valence-corrected chi connectivity index (χ0v) is 9.45. The van der Waals surface area contributed by atoms with E-state index >= 15 is 0 Å². The molecule has 4 heteroatoms. The van der Waals surface area contributed by atoms with Gasteiger partial charge in [-0.05, 0) is 45.2 Å². The SMILES string of the molecule is CCn1cnnc1CC1CCCNCC1. The second-order valence-corrected chi connectivity index (χ2v) is 4.28. The maximum Gasteiger partial charge on any atom is 0.133 e. The summed E-state index contributed by atoms with van der Waals surface area (Å²) in [6.45, 7) is 5.46. The van der Waals surface area contributed by atoms with Crippen molar-refractivity contribution in [3.8, 4) is 0 Å². The van der Waals surface area contributed by atoms with E-state index in [1.54, 1.807) is 0 Å². The summed E-state index contributed by atoms with van der Waals surface area (Å²) in [6, 6.07) is 0. The molecule has 0 amide bonds. The molecule has 1 fully saturated rings. The Morgan fingerprint density at radius 3 is 3.27 bits per heavy atom. The van der Waals surface area contributed by atoms with Crippen LogP contribution in [0.1, 0.15) is 32.0 Å². The average molecular weight is 208 g/mol. The highest BCUT2D eigenvalue weighted by Gasteiger charge is 2.15. The summed E-state index contributed by atoms with van der Waals surface area (Å²) in [5.41, 5.74) is 0. The number of aryl methyl sites for hydroxylation is 1. The second kappa shape index (κ2) is 5.26. The third-order valence-corrected chi connectivity index (χ3v) is 3.20. The molecular weight excluding hydrogens is 188 g/mol. The maximum atomic E-state index is 4.20. The number of hydrogen-bond acceptors (Lipinski definition) is 3. The zero-order chi connectivity index (χ0) is 10.5. The van der Waals surface area contributed by atoms with E-state index in [4.69, 9.17) is 0 Å². The Hall–Kier alpha value is -0.900. The molecule has 0 radical (unpaired) electrons. The normalized spacial score (nSPS) is 22.6. The molecule has 0 aromatic carbocycles. The monoisotopic (exact) mass is 208 g/mol. The summed E-state index contributed by atoms with van der Waals surface area (Å²) in [4.78, 5) is 0. The predicted molar refractivity (Wildman–Crippen MR) is 59.6 cm³/mol. The first-order valence-electron chi connectivity index (χ1n) is 5.97. The van der Waals surface area contributed by atoms with E-state index in [1.165, 1.54) is 25.8 Å². The van der Waals surface area contributed by atoms with Gasteiger partial charge in [0.15, 0.2) is 0 Å². The van der Waals surface area contributed by atoms with Gasteiger partial charge < -0.3 is 9.88 Å². The molecule has 1 saturated heterocycles. The summed E-state index contributed by atoms with van der Waals surface area (Å²) in [5, 5.41) is 11.6. The van der Waals surface area contributed by atoms with Gasteiger partial charge in [0.25, 0.3) is 0 Å². The average Bonchev–Trinajstić information content (AvgIpc) is 2.53. The Kier molecular flexibility index (Phi) is 3.72. The van der Waals surface area contributed by atoms with Crippen LogP contribution in [0.4, 0.5) is 0 Å². The molecule has 4 nitrogen and oxygen atoms in total. The summed E-state index contributed by atoms with van der Waals surface area (Å²) < 4.78 is 2.15. The number of nitrogens with zero attached hydrogens (tertiary/aromatic N) is 3. The van der Waals surface area contributed by atoms with Crippen molar-refractivity contribution >= 4 is 0 Å². The van der Waals surface area contributed by atoms with Crippen molar-refractivity contribution in [2.75, 3.05) is 13.1 Å². The van der Waals surface area contributed by atoms with Crippen LogP contribution in [0.15, 0.2) is 6.33 Å². The van der Waals surface area contributed by atoms with Crippen LogP contribution in [-0.4, -0.2) is 27.9 Å². The minimum atomic E-state index is 0.787. The van der Waals surface area contributed by atoms with Crippen molar-refractivity contribution in [2.45, 2.75) is 39.2 Å². The van der Waals surface area contributed by atoms with E-state index in [2.05, 4.69) is 27.0 Å². The van der Waals surface area contributed by atoms with Gasteiger partial charge in [-0.25, -0.2) is 0 Å². The van der Waals surface area contributed by atoms with Gasteiger partial charge in [-0.1, -0.05) is 0 Å². The molecule has 1 unspecified atom stereocenters. The first-order valence-corrected chi connectivity index (χ1v) is 5.97. The van der Waals surface area contributed by atoms with Crippen molar-refractivity contribution in [3.05, 3.63) is 12.2 Å². The van der Waals surface area contributed by atoms with Crippen molar-refractivity contribution in [2.24, 2.45) is 5.92 Å². The second-order valence-electron chi connectivity index (χ2n) is 4.28. The molecule has 1 aromatic rings. The molecule has 2 heterocycles. The lowest BCUT2D eigenvalue weighted by Crippen LogP contribution is -2.15. The van der Waals surface area contributed by atoms with Crippen LogP contribution in [0.25, 0.3) is 0 Å². The summed E-state index contributed by atoms with van der Waals surface area (Å²) >= 11 is 0. The fourth-order valence-corrected chi connectivity index (χ4v) is 2.25. The molecule has 1 atom stereocenters. The standard InChI is InChI=1S/C11H20N4/c1-2-15-9-13-14-11(15)8-10-4-3-6-12-7-5-10/h9-10,12H,2-8H2,1H3. The van der Waals surface area contributed by atoms with E-state index < -0.39 is 0 Å². The van der Waals surface area contributed by atoms with Crippen LogP contribution < -0.4 is 5.32 Å². The predicted octanol–water partition coefficient (Wildman–Crippen LogP) is 1.23. The first kappa shape index (κ1) is 10.6. The fourth-order valence-electron chi connectivity index (χ4n) is 2.25. The van der Waals surface area contributed by atoms with Gasteiger partial charge in [0.2, 0.25) is 0 Å². The summed E-state index contributed by atoms with van der Waals surface area (Å²) in [5.74, 6) is 1.94. The third-order valence-electron chi connectivity index (χ3n) is 3.20. The topological polar surface area (TPSA) is 42.7 Å². The molecule has 15 heavy (non-hydrogen) atoms. The summed E-state index contributed by atoms with van der Waals surface area (Å²) in [6.07, 6.45) is 6.82. The number of nitrogens with one attached hydrogen (secondary N) is 1. The van der Waals surface area contributed by atoms with Crippen LogP contribution in [0.5, 0.6) is 0 Å². The minimum absolute atomic E-state index is 0.787. The van der Waals surface area contributed by atoms with E-state index in [0.29, 0.717) is 0 Å². The van der Waals surface area contributed by atoms with Crippen LogP contribution >= 0.6 is 0 Å². The lowest BCUT2D eigenvalue weighted by Gasteiger charge is -2.12. The Bertz CT molecular complexity index is 287. The van der Waals surface area contributed by atoms with Gasteiger partial charge in [0.05, 0.1) is 0 Å². The highest BCUT2D eigenvalue weighted by Crippen LogP contribution is 2.17. The quantitative estimate of drug-likeness (QED) is 0.812. The Balaban J connectivity index is 1.94. The van der Waals surface area contributed by atoms with Crippen LogP contribution in [0.2, 0.25) is 0 Å². The first-order chi connectivity index (χ1) is 7.40. The molecule has 0 bridgehead atoms. The van der Waals surface area contributed by atoms with Gasteiger partial charge >= 0.3 is 0 Å². The van der Waals surface area contributed by atoms with E-state index in [-0.39, 0.29) is 0 Å². The smallest absolute Gasteiger partial charge is 0.133 e. The molecule has 0 saturated carbocycles. The Morgan fingerprint density at radius 2 is 2.40 bits per heavy atom. The molecule has 1 aromatic heterocycles. The number of rotatable bonds is 3. The van der Waals surface area contributed by atoms with E-state index in [1.807, 2.05) is 6.33 Å². The van der Waals surface area contributed by atoms with Crippen molar-refractivity contribution < 1.29 is 0 Å².